The minimum absolute atomic E-state index is 0.690. The highest BCUT2D eigenvalue weighted by atomic mass is 16.5. The third kappa shape index (κ3) is 6.17. The zero-order valence-corrected chi connectivity index (χ0v) is 11.2. The van der Waals surface area contributed by atoms with Crippen LogP contribution < -0.4 is 14.4 Å². The molecule has 0 radical (unpaired) electrons. The number of ether oxygens (including phenoxy) is 2. The summed E-state index contributed by atoms with van der Waals surface area (Å²) in [6.45, 7) is 4.65. The topological polar surface area (TPSA) is 22.9 Å². The lowest BCUT2D eigenvalue weighted by Gasteiger charge is -2.09. The van der Waals surface area contributed by atoms with Gasteiger partial charge in [-0.25, -0.2) is 0 Å². The summed E-state index contributed by atoms with van der Waals surface area (Å²) in [7, 11) is 4.35. The van der Waals surface area contributed by atoms with Crippen molar-refractivity contribution in [1.82, 2.24) is 0 Å². The summed E-state index contributed by atoms with van der Waals surface area (Å²) in [6, 6.07) is 7.83. The standard InChI is InChI=1S/C14H23NO2/c1-4-16-13-8-7-9-14(12-13)17-11-6-5-10-15(2)3/h7-9,12H,4-6,10-11H2,1-3H3/p+1. The molecule has 17 heavy (non-hydrogen) atoms. The van der Waals surface area contributed by atoms with E-state index < -0.39 is 0 Å². The Labute approximate surface area is 104 Å². The van der Waals surface area contributed by atoms with Crippen LogP contribution in [0.2, 0.25) is 0 Å². The average Bonchev–Trinajstić information content (AvgIpc) is 2.29. The van der Waals surface area contributed by atoms with Crippen LogP contribution >= 0.6 is 0 Å². The minimum Gasteiger partial charge on any atom is -0.494 e. The van der Waals surface area contributed by atoms with E-state index in [1.54, 1.807) is 0 Å². The number of nitrogens with one attached hydrogen (secondary N) is 1. The van der Waals surface area contributed by atoms with Gasteiger partial charge in [0.1, 0.15) is 11.5 Å². The van der Waals surface area contributed by atoms with Crippen molar-refractivity contribution in [2.24, 2.45) is 0 Å². The van der Waals surface area contributed by atoms with Gasteiger partial charge in [-0.2, -0.15) is 0 Å². The Morgan fingerprint density at radius 3 is 2.41 bits per heavy atom. The molecule has 96 valence electrons. The summed E-state index contributed by atoms with van der Waals surface area (Å²) >= 11 is 0. The molecular formula is C14H24NO2+. The number of unbranched alkanes of at least 4 members (excludes halogenated alkanes) is 1. The lowest BCUT2D eigenvalue weighted by atomic mass is 10.3. The van der Waals surface area contributed by atoms with Crippen LogP contribution in [0.1, 0.15) is 19.8 Å². The molecule has 0 aliphatic heterocycles. The molecule has 1 rings (SSSR count). The third-order valence-corrected chi connectivity index (χ3v) is 2.46. The summed E-state index contributed by atoms with van der Waals surface area (Å²) in [5.74, 6) is 1.77. The zero-order chi connectivity index (χ0) is 12.5. The van der Waals surface area contributed by atoms with Crippen LogP contribution in [-0.2, 0) is 0 Å². The quantitative estimate of drug-likeness (QED) is 0.692. The van der Waals surface area contributed by atoms with E-state index in [9.17, 15) is 0 Å². The van der Waals surface area contributed by atoms with Crippen molar-refractivity contribution in [2.75, 3.05) is 33.9 Å². The molecule has 1 aromatic carbocycles. The molecule has 0 fully saturated rings. The average molecular weight is 238 g/mol. The van der Waals surface area contributed by atoms with Crippen molar-refractivity contribution < 1.29 is 14.4 Å². The fraction of sp³-hybridized carbons (Fsp3) is 0.571. The van der Waals surface area contributed by atoms with Gasteiger partial charge in [0.25, 0.3) is 0 Å². The van der Waals surface area contributed by atoms with E-state index in [4.69, 9.17) is 9.47 Å². The lowest BCUT2D eigenvalue weighted by molar-refractivity contribution is -0.858. The summed E-state index contributed by atoms with van der Waals surface area (Å²) < 4.78 is 11.1. The third-order valence-electron chi connectivity index (χ3n) is 2.46. The van der Waals surface area contributed by atoms with Crippen LogP contribution in [0.4, 0.5) is 0 Å². The van der Waals surface area contributed by atoms with Crippen LogP contribution in [0.15, 0.2) is 24.3 Å². The molecular weight excluding hydrogens is 214 g/mol. The molecule has 0 atom stereocenters. The second kappa shape index (κ2) is 7.96. The predicted molar refractivity (Wildman–Crippen MR) is 70.0 cm³/mol. The van der Waals surface area contributed by atoms with E-state index in [0.717, 1.165) is 24.5 Å². The van der Waals surface area contributed by atoms with Gasteiger partial charge in [0.2, 0.25) is 0 Å². The number of hydrogen-bond acceptors (Lipinski definition) is 2. The Hall–Kier alpha value is -1.22. The first-order valence-corrected chi connectivity index (χ1v) is 6.37. The maximum Gasteiger partial charge on any atom is 0.122 e. The monoisotopic (exact) mass is 238 g/mol. The molecule has 0 spiro atoms. The number of rotatable bonds is 8. The van der Waals surface area contributed by atoms with E-state index >= 15 is 0 Å². The zero-order valence-electron chi connectivity index (χ0n) is 11.2. The van der Waals surface area contributed by atoms with Crippen molar-refractivity contribution in [2.45, 2.75) is 19.8 Å². The Morgan fingerprint density at radius 2 is 1.76 bits per heavy atom. The molecule has 3 nitrogen and oxygen atoms in total. The van der Waals surface area contributed by atoms with Gasteiger partial charge in [-0.15, -0.1) is 0 Å². The van der Waals surface area contributed by atoms with E-state index in [1.807, 2.05) is 31.2 Å². The molecule has 0 aliphatic rings. The van der Waals surface area contributed by atoms with Crippen molar-refractivity contribution in [3.63, 3.8) is 0 Å². The fourth-order valence-electron chi connectivity index (χ4n) is 1.59. The Morgan fingerprint density at radius 1 is 1.06 bits per heavy atom. The molecule has 0 saturated carbocycles. The van der Waals surface area contributed by atoms with Crippen molar-refractivity contribution in [3.05, 3.63) is 24.3 Å². The van der Waals surface area contributed by atoms with Crippen molar-refractivity contribution in [1.29, 1.82) is 0 Å². The van der Waals surface area contributed by atoms with E-state index in [-0.39, 0.29) is 0 Å². The Balaban J connectivity index is 2.24. The highest BCUT2D eigenvalue weighted by molar-refractivity contribution is 5.32. The maximum atomic E-state index is 5.69. The van der Waals surface area contributed by atoms with Crippen LogP contribution in [0.25, 0.3) is 0 Å². The normalized spacial score (nSPS) is 10.6. The first-order valence-electron chi connectivity index (χ1n) is 6.37. The molecule has 0 heterocycles. The first-order chi connectivity index (χ1) is 8.22. The van der Waals surface area contributed by atoms with E-state index in [0.29, 0.717) is 6.61 Å². The second-order valence-corrected chi connectivity index (χ2v) is 4.42. The minimum atomic E-state index is 0.690. The molecule has 0 aromatic heterocycles. The van der Waals surface area contributed by atoms with Crippen LogP contribution in [-0.4, -0.2) is 33.9 Å². The SMILES string of the molecule is CCOc1cccc(OCCCC[NH+](C)C)c1. The van der Waals surface area contributed by atoms with Gasteiger partial charge in [-0.1, -0.05) is 6.07 Å². The predicted octanol–water partition coefficient (Wildman–Crippen LogP) is 1.39. The molecule has 1 aromatic rings. The number of quaternary nitrogens is 1. The number of benzene rings is 1. The molecule has 0 saturated heterocycles. The summed E-state index contributed by atoms with van der Waals surface area (Å²) in [5.41, 5.74) is 0. The molecule has 0 amide bonds. The molecule has 0 unspecified atom stereocenters. The summed E-state index contributed by atoms with van der Waals surface area (Å²) in [4.78, 5) is 1.49. The van der Waals surface area contributed by atoms with Gasteiger partial charge in [-0.05, 0) is 31.9 Å². The lowest BCUT2D eigenvalue weighted by Crippen LogP contribution is -3.05. The summed E-state index contributed by atoms with van der Waals surface area (Å²) in [5, 5.41) is 0. The molecule has 1 N–H and O–H groups in total. The van der Waals surface area contributed by atoms with Crippen molar-refractivity contribution >= 4 is 0 Å². The maximum absolute atomic E-state index is 5.69. The van der Waals surface area contributed by atoms with Gasteiger partial charge >= 0.3 is 0 Å². The van der Waals surface area contributed by atoms with E-state index in [1.165, 1.54) is 17.9 Å². The Kier molecular flexibility index (Phi) is 6.48. The summed E-state index contributed by atoms with van der Waals surface area (Å²) in [6.07, 6.45) is 2.30. The Bertz CT molecular complexity index is 313. The second-order valence-electron chi connectivity index (χ2n) is 4.42. The van der Waals surface area contributed by atoms with Crippen LogP contribution in [0.3, 0.4) is 0 Å². The highest BCUT2D eigenvalue weighted by Crippen LogP contribution is 2.19. The fourth-order valence-corrected chi connectivity index (χ4v) is 1.59. The smallest absolute Gasteiger partial charge is 0.122 e. The van der Waals surface area contributed by atoms with Gasteiger partial charge in [0.15, 0.2) is 0 Å². The molecule has 0 aliphatic carbocycles. The van der Waals surface area contributed by atoms with Gasteiger partial charge < -0.3 is 14.4 Å². The van der Waals surface area contributed by atoms with Gasteiger partial charge in [-0.3, -0.25) is 0 Å². The molecule has 3 heteroatoms. The largest absolute Gasteiger partial charge is 0.494 e. The number of hydrogen-bond donors (Lipinski definition) is 1. The first kappa shape index (κ1) is 13.8. The van der Waals surface area contributed by atoms with Gasteiger partial charge in [0.05, 0.1) is 33.9 Å². The highest BCUT2D eigenvalue weighted by Gasteiger charge is 1.98. The van der Waals surface area contributed by atoms with Gasteiger partial charge in [0, 0.05) is 6.07 Å². The van der Waals surface area contributed by atoms with Crippen LogP contribution in [0.5, 0.6) is 11.5 Å². The van der Waals surface area contributed by atoms with Crippen LogP contribution in [0, 0.1) is 0 Å². The molecule has 0 bridgehead atoms. The van der Waals surface area contributed by atoms with Crippen molar-refractivity contribution in [3.8, 4) is 11.5 Å². The van der Waals surface area contributed by atoms with E-state index in [2.05, 4.69) is 14.1 Å².